The van der Waals surface area contributed by atoms with Crippen LogP contribution in [0.1, 0.15) is 19.5 Å². The summed E-state index contributed by atoms with van der Waals surface area (Å²) in [6.07, 6.45) is 1.09. The minimum absolute atomic E-state index is 0.210. The molecule has 1 aromatic heterocycles. The molecule has 4 rings (SSSR count). The van der Waals surface area contributed by atoms with Gasteiger partial charge in [-0.05, 0) is 32.9 Å². The molecule has 1 aromatic rings. The highest BCUT2D eigenvalue weighted by atomic mass is 16.6. The van der Waals surface area contributed by atoms with Crippen LogP contribution in [0.3, 0.4) is 0 Å². The van der Waals surface area contributed by atoms with E-state index in [9.17, 15) is 4.79 Å². The lowest BCUT2D eigenvalue weighted by Crippen LogP contribution is -2.58. The molecular weight excluding hydrogens is 388 g/mol. The maximum Gasteiger partial charge on any atom is 0.315 e. The maximum atomic E-state index is 12.6. The van der Waals surface area contributed by atoms with E-state index in [2.05, 4.69) is 20.5 Å². The van der Waals surface area contributed by atoms with Gasteiger partial charge in [-0.15, -0.1) is 0 Å². The van der Waals surface area contributed by atoms with Crippen molar-refractivity contribution in [2.75, 3.05) is 46.1 Å². The monoisotopic (exact) mass is 420 g/mol. The van der Waals surface area contributed by atoms with Crippen LogP contribution in [-0.2, 0) is 14.2 Å². The van der Waals surface area contributed by atoms with Crippen LogP contribution in [0.5, 0.6) is 5.75 Å². The van der Waals surface area contributed by atoms with Gasteiger partial charge in [-0.25, -0.2) is 4.79 Å². The van der Waals surface area contributed by atoms with Crippen LogP contribution >= 0.6 is 0 Å². The number of nitrogens with zero attached hydrogens (tertiary/aromatic N) is 2. The Morgan fingerprint density at radius 3 is 2.80 bits per heavy atom. The number of fused-ring (bicyclic) bond motifs is 1. The third-order valence-electron chi connectivity index (χ3n) is 5.74. The fourth-order valence-electron chi connectivity index (χ4n) is 4.32. The Hall–Kier alpha value is -1.94. The van der Waals surface area contributed by atoms with Gasteiger partial charge in [0.25, 0.3) is 0 Å². The van der Waals surface area contributed by atoms with Crippen LogP contribution in [0.2, 0.25) is 0 Å². The highest BCUT2D eigenvalue weighted by molar-refractivity contribution is 5.75. The summed E-state index contributed by atoms with van der Waals surface area (Å²) in [5, 5.41) is 6.11. The number of ether oxygens (including phenoxy) is 4. The summed E-state index contributed by atoms with van der Waals surface area (Å²) in [6, 6.07) is 3.32. The smallest absolute Gasteiger partial charge is 0.315 e. The molecule has 166 valence electrons. The standard InChI is InChI=1S/C21H32N4O5/c1-14-16(5-4-6-22-14)30-17-12-29-18-15(11-28-19(17)18)23-20(26)24-21(2,3)13-25-7-9-27-10-8-25/h4-6,15,17-19H,7-13H2,1-3H3,(H2,23,24,26)/t15-,17-,18+,19+/m0/s1. The van der Waals surface area contributed by atoms with Crippen molar-refractivity contribution in [3.05, 3.63) is 24.0 Å². The highest BCUT2D eigenvalue weighted by Gasteiger charge is 2.49. The van der Waals surface area contributed by atoms with E-state index in [1.54, 1.807) is 6.20 Å². The van der Waals surface area contributed by atoms with Crippen LogP contribution in [0.15, 0.2) is 18.3 Å². The average Bonchev–Trinajstić information content (AvgIpc) is 3.27. The molecule has 9 heteroatoms. The molecule has 0 radical (unpaired) electrons. The van der Waals surface area contributed by atoms with E-state index in [4.69, 9.17) is 18.9 Å². The summed E-state index contributed by atoms with van der Waals surface area (Å²) in [5.41, 5.74) is 0.468. The van der Waals surface area contributed by atoms with Crippen LogP contribution in [-0.4, -0.2) is 91.9 Å². The van der Waals surface area contributed by atoms with E-state index in [0.717, 1.165) is 44.3 Å². The van der Waals surface area contributed by atoms with Gasteiger partial charge in [-0.1, -0.05) is 0 Å². The number of morpholine rings is 1. The second kappa shape index (κ2) is 9.05. The lowest BCUT2D eigenvalue weighted by molar-refractivity contribution is 0.0277. The van der Waals surface area contributed by atoms with Gasteiger partial charge in [0.1, 0.15) is 18.0 Å². The molecule has 9 nitrogen and oxygen atoms in total. The zero-order chi connectivity index (χ0) is 21.1. The number of aryl methyl sites for hydroxylation is 1. The van der Waals surface area contributed by atoms with Crippen LogP contribution in [0.4, 0.5) is 4.79 Å². The number of urea groups is 1. The molecular formula is C21H32N4O5. The predicted molar refractivity (Wildman–Crippen MR) is 110 cm³/mol. The van der Waals surface area contributed by atoms with Crippen LogP contribution in [0.25, 0.3) is 0 Å². The molecule has 3 aliphatic rings. The van der Waals surface area contributed by atoms with Crippen molar-refractivity contribution in [1.29, 1.82) is 0 Å². The Morgan fingerprint density at radius 2 is 2.03 bits per heavy atom. The topological polar surface area (TPSA) is 94.2 Å². The summed E-state index contributed by atoms with van der Waals surface area (Å²) in [7, 11) is 0. The molecule has 0 bridgehead atoms. The van der Waals surface area contributed by atoms with Gasteiger partial charge >= 0.3 is 6.03 Å². The number of nitrogens with one attached hydrogen (secondary N) is 2. The van der Waals surface area contributed by atoms with Gasteiger partial charge in [0.2, 0.25) is 0 Å². The summed E-state index contributed by atoms with van der Waals surface area (Å²) >= 11 is 0. The number of aromatic nitrogens is 1. The number of hydrogen-bond acceptors (Lipinski definition) is 7. The number of rotatable bonds is 6. The van der Waals surface area contributed by atoms with Gasteiger partial charge in [0, 0.05) is 31.4 Å². The second-order valence-electron chi connectivity index (χ2n) is 8.82. The Kier molecular flexibility index (Phi) is 6.43. The van der Waals surface area contributed by atoms with Crippen molar-refractivity contribution < 1.29 is 23.7 Å². The van der Waals surface area contributed by atoms with E-state index in [1.165, 1.54) is 0 Å². The molecule has 0 aliphatic carbocycles. The molecule has 4 atom stereocenters. The SMILES string of the molecule is Cc1ncccc1O[C@H]1CO[C@H]2[C@@H]1OC[C@@H]2NC(=O)NC(C)(C)CN1CCOCC1. The van der Waals surface area contributed by atoms with Gasteiger partial charge in [-0.2, -0.15) is 0 Å². The minimum Gasteiger partial charge on any atom is -0.483 e. The van der Waals surface area contributed by atoms with Gasteiger partial charge in [0.05, 0.1) is 38.2 Å². The molecule has 0 aromatic carbocycles. The van der Waals surface area contributed by atoms with Gasteiger partial charge < -0.3 is 29.6 Å². The Balaban J connectivity index is 1.27. The molecule has 3 fully saturated rings. The van der Waals surface area contributed by atoms with Crippen LogP contribution < -0.4 is 15.4 Å². The van der Waals surface area contributed by atoms with E-state index in [0.29, 0.717) is 13.2 Å². The number of carbonyl (C=O) groups excluding carboxylic acids is 1. The van der Waals surface area contributed by atoms with Crippen LogP contribution in [0, 0.1) is 6.92 Å². The highest BCUT2D eigenvalue weighted by Crippen LogP contribution is 2.30. The molecule has 0 unspecified atom stereocenters. The fourth-order valence-corrected chi connectivity index (χ4v) is 4.32. The number of amides is 2. The molecule has 4 heterocycles. The van der Waals surface area contributed by atoms with Crippen molar-refractivity contribution in [2.45, 2.75) is 50.7 Å². The molecule has 3 saturated heterocycles. The number of pyridine rings is 1. The first-order chi connectivity index (χ1) is 14.4. The summed E-state index contributed by atoms with van der Waals surface area (Å²) in [6.45, 7) is 10.8. The van der Waals surface area contributed by atoms with Crippen molar-refractivity contribution in [1.82, 2.24) is 20.5 Å². The predicted octanol–water partition coefficient (Wildman–Crippen LogP) is 0.714. The number of carbonyl (C=O) groups is 1. The summed E-state index contributed by atoms with van der Waals surface area (Å²) in [4.78, 5) is 19.2. The normalized spacial score (nSPS) is 29.4. The first-order valence-electron chi connectivity index (χ1n) is 10.6. The first kappa shape index (κ1) is 21.3. The molecule has 30 heavy (non-hydrogen) atoms. The molecule has 2 amide bonds. The van der Waals surface area contributed by atoms with E-state index in [1.807, 2.05) is 32.9 Å². The van der Waals surface area contributed by atoms with Crippen molar-refractivity contribution in [2.24, 2.45) is 0 Å². The Bertz CT molecular complexity index is 740. The first-order valence-corrected chi connectivity index (χ1v) is 10.6. The maximum absolute atomic E-state index is 12.6. The lowest BCUT2D eigenvalue weighted by Gasteiger charge is -2.35. The van der Waals surface area contributed by atoms with Gasteiger partial charge in [-0.3, -0.25) is 9.88 Å². The molecule has 0 saturated carbocycles. The minimum atomic E-state index is -0.361. The van der Waals surface area contributed by atoms with Crippen molar-refractivity contribution in [3.8, 4) is 5.75 Å². The van der Waals surface area contributed by atoms with E-state index < -0.39 is 0 Å². The van der Waals surface area contributed by atoms with Crippen molar-refractivity contribution >= 4 is 6.03 Å². The molecule has 3 aliphatic heterocycles. The quantitative estimate of drug-likeness (QED) is 0.700. The lowest BCUT2D eigenvalue weighted by atomic mass is 10.0. The fraction of sp³-hybridized carbons (Fsp3) is 0.714. The Labute approximate surface area is 177 Å². The largest absolute Gasteiger partial charge is 0.483 e. The average molecular weight is 421 g/mol. The number of hydrogen-bond donors (Lipinski definition) is 2. The van der Waals surface area contributed by atoms with E-state index in [-0.39, 0.29) is 35.9 Å². The van der Waals surface area contributed by atoms with E-state index >= 15 is 0 Å². The second-order valence-corrected chi connectivity index (χ2v) is 8.82. The summed E-state index contributed by atoms with van der Waals surface area (Å²) < 4.78 is 23.3. The third kappa shape index (κ3) is 5.03. The molecule has 2 N–H and O–H groups in total. The third-order valence-corrected chi connectivity index (χ3v) is 5.74. The summed E-state index contributed by atoms with van der Waals surface area (Å²) in [5.74, 6) is 0.731. The zero-order valence-corrected chi connectivity index (χ0v) is 17.9. The zero-order valence-electron chi connectivity index (χ0n) is 17.9. The molecule has 0 spiro atoms. The Morgan fingerprint density at radius 1 is 1.27 bits per heavy atom. The van der Waals surface area contributed by atoms with Gasteiger partial charge in [0.15, 0.2) is 6.10 Å². The van der Waals surface area contributed by atoms with Crippen molar-refractivity contribution in [3.63, 3.8) is 0 Å².